The van der Waals surface area contributed by atoms with Crippen LogP contribution in [0.25, 0.3) is 22.1 Å². The van der Waals surface area contributed by atoms with Gasteiger partial charge in [0.1, 0.15) is 17.4 Å². The number of anilines is 1. The average Bonchev–Trinajstić information content (AvgIpc) is 3.02. The highest BCUT2D eigenvalue weighted by atomic mass is 19.4. The number of nitrogens with one attached hydrogen (secondary N) is 1. The van der Waals surface area contributed by atoms with Crippen LogP contribution in [0.2, 0.25) is 0 Å². The fourth-order valence-corrected chi connectivity index (χ4v) is 5.67. The third-order valence-electron chi connectivity index (χ3n) is 7.92. The van der Waals surface area contributed by atoms with E-state index in [9.17, 15) is 37.8 Å². The number of alkyl halides is 3. The molecule has 4 aromatic rings. The molecule has 0 unspecified atom stereocenters. The molecule has 2 heterocycles. The number of hydrogen-bond donors (Lipinski definition) is 4. The summed E-state index contributed by atoms with van der Waals surface area (Å²) in [5.74, 6) is -1.48. The Morgan fingerprint density at radius 2 is 1.77 bits per heavy atom. The Morgan fingerprint density at radius 1 is 1.06 bits per heavy atom. The molecule has 0 saturated carbocycles. The minimum absolute atomic E-state index is 0.00225. The number of aliphatic hydroxyl groups is 1. The van der Waals surface area contributed by atoms with E-state index in [-0.39, 0.29) is 39.0 Å². The van der Waals surface area contributed by atoms with Gasteiger partial charge in [-0.25, -0.2) is 9.59 Å². The third-order valence-corrected chi connectivity index (χ3v) is 7.92. The van der Waals surface area contributed by atoms with Crippen molar-refractivity contribution in [2.75, 3.05) is 12.4 Å². The molecule has 1 aliphatic heterocycles. The van der Waals surface area contributed by atoms with E-state index in [1.54, 1.807) is 13.8 Å². The van der Waals surface area contributed by atoms with Gasteiger partial charge < -0.3 is 44.6 Å². The van der Waals surface area contributed by atoms with Crippen LogP contribution in [-0.4, -0.2) is 59.5 Å². The largest absolute Gasteiger partial charge is 0.505 e. The number of benzene rings is 3. The van der Waals surface area contributed by atoms with Gasteiger partial charge in [-0.2, -0.15) is 13.2 Å². The van der Waals surface area contributed by atoms with Crippen LogP contribution in [0, 0.1) is 6.92 Å². The van der Waals surface area contributed by atoms with Gasteiger partial charge in [-0.05, 0) is 62.2 Å². The van der Waals surface area contributed by atoms with E-state index in [4.69, 9.17) is 29.1 Å². The Hall–Kier alpha value is -5.12. The number of hydrogen-bond acceptors (Lipinski definition) is 10. The molecule has 0 aliphatic carbocycles. The van der Waals surface area contributed by atoms with Gasteiger partial charge in [0.15, 0.2) is 23.6 Å². The summed E-state index contributed by atoms with van der Waals surface area (Å²) in [5.41, 5.74) is 1.36. The Bertz CT molecular complexity index is 1940. The van der Waals surface area contributed by atoms with Crippen LogP contribution in [0.4, 0.5) is 23.7 Å². The first kappa shape index (κ1) is 34.2. The first-order valence-electron chi connectivity index (χ1n) is 14.4. The highest BCUT2D eigenvalue weighted by molar-refractivity contribution is 6.07. The standard InChI is InChI=1S/C33H31F3N2O10/c1-15-21(45-30-24(40)26(47-31(37)43)27(44-4)32(2,3)48-30)13-12-19-23(39)22(29(42)46-25(15)19)38-28(41)17-9-7-8-16(14-17)18-10-5-6-11-20(18)33(34,35)36/h5-14,24,26-27,30,39-40H,1-4H3,(H2,37,43)(H,38,41)/t24-,26+,27-,30-/m1/s1. The van der Waals surface area contributed by atoms with E-state index in [0.29, 0.717) is 0 Å². The van der Waals surface area contributed by atoms with Crippen molar-refractivity contribution in [2.24, 2.45) is 5.73 Å². The number of carbonyl (C=O) groups is 2. The van der Waals surface area contributed by atoms with Gasteiger partial charge in [-0.1, -0.05) is 30.3 Å². The van der Waals surface area contributed by atoms with E-state index in [1.165, 1.54) is 68.6 Å². The van der Waals surface area contributed by atoms with E-state index in [1.807, 2.05) is 0 Å². The molecule has 1 saturated heterocycles. The number of ether oxygens (including phenoxy) is 4. The summed E-state index contributed by atoms with van der Waals surface area (Å²) in [4.78, 5) is 37.7. The summed E-state index contributed by atoms with van der Waals surface area (Å²) in [5, 5.41) is 24.3. The number of amides is 2. The Morgan fingerprint density at radius 3 is 2.44 bits per heavy atom. The number of carbonyl (C=O) groups excluding carboxylic acids is 2. The summed E-state index contributed by atoms with van der Waals surface area (Å²) in [6.45, 7) is 4.75. The lowest BCUT2D eigenvalue weighted by molar-refractivity contribution is -0.304. The predicted molar refractivity (Wildman–Crippen MR) is 165 cm³/mol. The molecule has 0 radical (unpaired) electrons. The second-order valence-electron chi connectivity index (χ2n) is 11.5. The van der Waals surface area contributed by atoms with Crippen LogP contribution < -0.4 is 21.4 Å². The van der Waals surface area contributed by atoms with Crippen molar-refractivity contribution in [3.63, 3.8) is 0 Å². The molecule has 0 bridgehead atoms. The van der Waals surface area contributed by atoms with Crippen molar-refractivity contribution in [2.45, 2.75) is 57.2 Å². The summed E-state index contributed by atoms with van der Waals surface area (Å²) in [6.07, 6.45) is -11.0. The van der Waals surface area contributed by atoms with Crippen LogP contribution in [-0.2, 0) is 20.4 Å². The summed E-state index contributed by atoms with van der Waals surface area (Å²) in [6, 6.07) is 13.0. The summed E-state index contributed by atoms with van der Waals surface area (Å²) < 4.78 is 68.5. The minimum Gasteiger partial charge on any atom is -0.505 e. The molecular formula is C33H31F3N2O10. The van der Waals surface area contributed by atoms with Gasteiger partial charge >= 0.3 is 17.9 Å². The fraction of sp³-hybridized carbons (Fsp3) is 0.303. The molecule has 48 heavy (non-hydrogen) atoms. The van der Waals surface area contributed by atoms with Crippen LogP contribution >= 0.6 is 0 Å². The molecule has 2 amide bonds. The predicted octanol–water partition coefficient (Wildman–Crippen LogP) is 5.10. The maximum Gasteiger partial charge on any atom is 0.417 e. The molecule has 5 N–H and O–H groups in total. The molecule has 5 rings (SSSR count). The summed E-state index contributed by atoms with van der Waals surface area (Å²) >= 11 is 0. The van der Waals surface area contributed by atoms with Crippen LogP contribution in [0.3, 0.4) is 0 Å². The smallest absolute Gasteiger partial charge is 0.417 e. The van der Waals surface area contributed by atoms with Crippen molar-refractivity contribution < 1.29 is 56.3 Å². The molecule has 0 spiro atoms. The van der Waals surface area contributed by atoms with Crippen molar-refractivity contribution >= 4 is 28.7 Å². The van der Waals surface area contributed by atoms with Crippen molar-refractivity contribution in [3.8, 4) is 22.6 Å². The number of halogens is 3. The maximum absolute atomic E-state index is 13.6. The van der Waals surface area contributed by atoms with Gasteiger partial charge in [-0.15, -0.1) is 0 Å². The number of primary amides is 1. The molecular weight excluding hydrogens is 641 g/mol. The highest BCUT2D eigenvalue weighted by Gasteiger charge is 2.53. The maximum atomic E-state index is 13.6. The second-order valence-corrected chi connectivity index (χ2v) is 11.5. The summed E-state index contributed by atoms with van der Waals surface area (Å²) in [7, 11) is 1.34. The van der Waals surface area contributed by atoms with Crippen molar-refractivity contribution in [1.29, 1.82) is 0 Å². The normalized spacial score (nSPS) is 20.7. The monoisotopic (exact) mass is 672 g/mol. The average molecular weight is 673 g/mol. The Kier molecular flexibility index (Phi) is 9.14. The molecule has 1 aliphatic rings. The fourth-order valence-electron chi connectivity index (χ4n) is 5.67. The van der Waals surface area contributed by atoms with Crippen molar-refractivity contribution in [3.05, 3.63) is 87.8 Å². The van der Waals surface area contributed by atoms with E-state index in [0.717, 1.165) is 6.07 Å². The zero-order valence-corrected chi connectivity index (χ0v) is 26.0. The Labute approximate surface area is 270 Å². The highest BCUT2D eigenvalue weighted by Crippen LogP contribution is 2.40. The van der Waals surface area contributed by atoms with Gasteiger partial charge in [0.2, 0.25) is 6.29 Å². The first-order chi connectivity index (χ1) is 22.5. The molecule has 3 aromatic carbocycles. The second kappa shape index (κ2) is 12.8. The van der Waals surface area contributed by atoms with Crippen LogP contribution in [0.15, 0.2) is 69.9 Å². The zero-order chi connectivity index (χ0) is 35.1. The van der Waals surface area contributed by atoms with Crippen molar-refractivity contribution in [1.82, 2.24) is 0 Å². The van der Waals surface area contributed by atoms with Gasteiger partial charge in [0, 0.05) is 18.2 Å². The number of rotatable bonds is 7. The minimum atomic E-state index is -4.64. The third kappa shape index (κ3) is 6.52. The number of methoxy groups -OCH3 is 1. The number of nitrogens with two attached hydrogens (primary N) is 1. The van der Waals surface area contributed by atoms with Crippen LogP contribution in [0.5, 0.6) is 11.5 Å². The number of fused-ring (bicyclic) bond motifs is 1. The van der Waals surface area contributed by atoms with E-state index < -0.39 is 71.0 Å². The topological polar surface area (TPSA) is 180 Å². The molecule has 15 heteroatoms. The van der Waals surface area contributed by atoms with Gasteiger partial charge in [0.05, 0.1) is 16.6 Å². The molecule has 1 fully saturated rings. The molecule has 1 aromatic heterocycles. The number of aryl methyl sites for hydroxylation is 1. The molecule has 12 nitrogen and oxygen atoms in total. The lowest BCUT2D eigenvalue weighted by Gasteiger charge is -2.47. The number of aromatic hydroxyl groups is 1. The Balaban J connectivity index is 1.43. The van der Waals surface area contributed by atoms with E-state index in [2.05, 4.69) is 5.32 Å². The van der Waals surface area contributed by atoms with Gasteiger partial charge in [0.25, 0.3) is 5.91 Å². The zero-order valence-electron chi connectivity index (χ0n) is 26.0. The lowest BCUT2D eigenvalue weighted by Crippen LogP contribution is -2.65. The van der Waals surface area contributed by atoms with Crippen LogP contribution in [0.1, 0.15) is 35.3 Å². The quantitative estimate of drug-likeness (QED) is 0.193. The molecule has 254 valence electrons. The first-order valence-corrected chi connectivity index (χ1v) is 14.4. The number of aliphatic hydroxyl groups excluding tert-OH is 1. The molecule has 4 atom stereocenters. The lowest BCUT2D eigenvalue weighted by atomic mass is 9.89. The van der Waals surface area contributed by atoms with Gasteiger partial charge in [-0.3, -0.25) is 4.79 Å². The SMILES string of the molecule is CO[C@@H]1[C@@H](OC(N)=O)[C@@H](O)[C@H](Oc2ccc3c(O)c(NC(=O)c4cccc(-c5ccccc5C(F)(F)F)c4)c(=O)oc3c2C)OC1(C)C. The van der Waals surface area contributed by atoms with E-state index >= 15 is 0 Å².